The second-order valence-electron chi connectivity index (χ2n) is 7.10. The summed E-state index contributed by atoms with van der Waals surface area (Å²) < 4.78 is 43.8. The molecule has 166 valence electrons. The molecule has 1 N–H and O–H groups in total. The Balaban J connectivity index is 1.73. The number of H-pyrrole nitrogens is 1. The summed E-state index contributed by atoms with van der Waals surface area (Å²) in [4.78, 5) is 15.7. The molecule has 0 aliphatic carbocycles. The van der Waals surface area contributed by atoms with E-state index in [4.69, 9.17) is 13.9 Å². The lowest BCUT2D eigenvalue weighted by atomic mass is 10.1. The number of aromatic nitrogens is 1. The normalized spacial score (nSPS) is 11.7. The van der Waals surface area contributed by atoms with Crippen LogP contribution in [0.3, 0.4) is 0 Å². The van der Waals surface area contributed by atoms with Crippen molar-refractivity contribution in [3.05, 3.63) is 88.6 Å². The number of fused-ring (bicyclic) bond motifs is 1. The van der Waals surface area contributed by atoms with Gasteiger partial charge in [0.1, 0.15) is 17.3 Å². The second kappa shape index (κ2) is 8.89. The van der Waals surface area contributed by atoms with Crippen LogP contribution in [0.2, 0.25) is 0 Å². The Bertz CT molecular complexity index is 1380. The molecule has 0 fully saturated rings. The molecule has 0 radical (unpaired) electrons. The van der Waals surface area contributed by atoms with Gasteiger partial charge in [0.25, 0.3) is 5.56 Å². The highest BCUT2D eigenvalue weighted by molar-refractivity contribution is 7.89. The van der Waals surface area contributed by atoms with Crippen molar-refractivity contribution in [2.75, 3.05) is 14.2 Å². The molecule has 2 heterocycles. The molecule has 8 nitrogen and oxygen atoms in total. The first kappa shape index (κ1) is 21.7. The van der Waals surface area contributed by atoms with Gasteiger partial charge in [-0.2, -0.15) is 4.31 Å². The first-order valence-corrected chi connectivity index (χ1v) is 11.2. The van der Waals surface area contributed by atoms with Gasteiger partial charge in [-0.25, -0.2) is 8.42 Å². The molecular formula is C23H22N2O6S. The maximum atomic E-state index is 13.4. The topological polar surface area (TPSA) is 102 Å². The highest BCUT2D eigenvalue weighted by atomic mass is 32.2. The Hall–Kier alpha value is -3.56. The van der Waals surface area contributed by atoms with E-state index in [1.54, 1.807) is 49.6 Å². The van der Waals surface area contributed by atoms with Crippen LogP contribution in [0.5, 0.6) is 11.5 Å². The molecule has 0 unspecified atom stereocenters. The van der Waals surface area contributed by atoms with Gasteiger partial charge in [0.05, 0.1) is 37.4 Å². The van der Waals surface area contributed by atoms with Crippen molar-refractivity contribution in [1.29, 1.82) is 0 Å². The van der Waals surface area contributed by atoms with Crippen LogP contribution in [0.4, 0.5) is 0 Å². The Morgan fingerprint density at radius 2 is 1.66 bits per heavy atom. The van der Waals surface area contributed by atoms with E-state index in [2.05, 4.69) is 4.98 Å². The van der Waals surface area contributed by atoms with Crippen LogP contribution in [0.25, 0.3) is 10.9 Å². The summed E-state index contributed by atoms with van der Waals surface area (Å²) in [6.45, 7) is -0.159. The summed E-state index contributed by atoms with van der Waals surface area (Å²) in [7, 11) is -0.882. The SMILES string of the molecule is COc1ccc(S(=O)(=O)N(Cc2ccco2)Cc2cc3ccc(OC)cc3[nH]c2=O)cc1. The van der Waals surface area contributed by atoms with Gasteiger partial charge in [0, 0.05) is 18.2 Å². The molecule has 0 saturated carbocycles. The van der Waals surface area contributed by atoms with E-state index < -0.39 is 10.0 Å². The van der Waals surface area contributed by atoms with E-state index in [1.165, 1.54) is 29.8 Å². The zero-order valence-electron chi connectivity index (χ0n) is 17.6. The molecule has 4 aromatic rings. The van der Waals surface area contributed by atoms with Gasteiger partial charge in [-0.3, -0.25) is 4.79 Å². The van der Waals surface area contributed by atoms with Gasteiger partial charge < -0.3 is 18.9 Å². The largest absolute Gasteiger partial charge is 0.497 e. The minimum absolute atomic E-state index is 0.0263. The number of hydrogen-bond donors (Lipinski definition) is 1. The number of rotatable bonds is 8. The van der Waals surface area contributed by atoms with Crippen molar-refractivity contribution in [2.24, 2.45) is 0 Å². The fourth-order valence-corrected chi connectivity index (χ4v) is 4.74. The molecule has 2 aromatic heterocycles. The average molecular weight is 455 g/mol. The third-order valence-corrected chi connectivity index (χ3v) is 6.89. The Kier molecular flexibility index (Phi) is 6.02. The van der Waals surface area contributed by atoms with Gasteiger partial charge in [-0.15, -0.1) is 0 Å². The zero-order valence-corrected chi connectivity index (χ0v) is 18.4. The van der Waals surface area contributed by atoms with Crippen LogP contribution in [0.1, 0.15) is 11.3 Å². The molecule has 4 rings (SSSR count). The van der Waals surface area contributed by atoms with Gasteiger partial charge in [0.2, 0.25) is 10.0 Å². The van der Waals surface area contributed by atoms with Crippen molar-refractivity contribution in [3.63, 3.8) is 0 Å². The summed E-state index contributed by atoms with van der Waals surface area (Å²) in [5.74, 6) is 1.62. The number of sulfonamides is 1. The Morgan fingerprint density at radius 1 is 0.938 bits per heavy atom. The smallest absolute Gasteiger partial charge is 0.252 e. The van der Waals surface area contributed by atoms with Crippen molar-refractivity contribution in [3.8, 4) is 11.5 Å². The summed E-state index contributed by atoms with van der Waals surface area (Å²) in [5, 5.41) is 0.764. The summed E-state index contributed by atoms with van der Waals surface area (Å²) >= 11 is 0. The minimum Gasteiger partial charge on any atom is -0.497 e. The van der Waals surface area contributed by atoms with Gasteiger partial charge in [0.15, 0.2) is 0 Å². The van der Waals surface area contributed by atoms with Crippen LogP contribution in [-0.2, 0) is 23.1 Å². The van der Waals surface area contributed by atoms with Gasteiger partial charge in [-0.1, -0.05) is 0 Å². The number of furan rings is 1. The molecule has 32 heavy (non-hydrogen) atoms. The first-order chi connectivity index (χ1) is 15.4. The van der Waals surface area contributed by atoms with Gasteiger partial charge in [-0.05, 0) is 60.0 Å². The molecule has 0 bridgehead atoms. The van der Waals surface area contributed by atoms with E-state index in [-0.39, 0.29) is 23.5 Å². The molecule has 0 saturated heterocycles. The number of methoxy groups -OCH3 is 2. The first-order valence-electron chi connectivity index (χ1n) is 9.77. The van der Waals surface area contributed by atoms with Crippen LogP contribution >= 0.6 is 0 Å². The van der Waals surface area contributed by atoms with Crippen molar-refractivity contribution < 1.29 is 22.3 Å². The molecule has 0 amide bonds. The maximum absolute atomic E-state index is 13.4. The summed E-state index contributed by atoms with van der Waals surface area (Å²) in [6.07, 6.45) is 1.48. The highest BCUT2D eigenvalue weighted by Gasteiger charge is 2.27. The number of pyridine rings is 1. The number of benzene rings is 2. The van der Waals surface area contributed by atoms with Crippen LogP contribution in [-0.4, -0.2) is 31.9 Å². The van der Waals surface area contributed by atoms with E-state index >= 15 is 0 Å². The molecule has 2 aromatic carbocycles. The number of nitrogens with one attached hydrogen (secondary N) is 1. The molecule has 9 heteroatoms. The highest BCUT2D eigenvalue weighted by Crippen LogP contribution is 2.24. The van der Waals surface area contributed by atoms with Crippen LogP contribution in [0.15, 0.2) is 81.0 Å². The maximum Gasteiger partial charge on any atom is 0.252 e. The Morgan fingerprint density at radius 3 is 2.31 bits per heavy atom. The van der Waals surface area contributed by atoms with Gasteiger partial charge >= 0.3 is 0 Å². The van der Waals surface area contributed by atoms with E-state index in [0.717, 1.165) is 5.39 Å². The number of aromatic amines is 1. The number of nitrogens with zero attached hydrogens (tertiary/aromatic N) is 1. The van der Waals surface area contributed by atoms with Crippen LogP contribution < -0.4 is 15.0 Å². The monoisotopic (exact) mass is 454 g/mol. The lowest BCUT2D eigenvalue weighted by Gasteiger charge is -2.21. The predicted octanol–water partition coefficient (Wildman–Crippen LogP) is 3.53. The van der Waals surface area contributed by atoms with E-state index in [0.29, 0.717) is 28.3 Å². The fourth-order valence-electron chi connectivity index (χ4n) is 3.36. The molecule has 0 atom stereocenters. The zero-order chi connectivity index (χ0) is 22.7. The fraction of sp³-hybridized carbons (Fsp3) is 0.174. The quantitative estimate of drug-likeness (QED) is 0.437. The molecule has 0 aliphatic rings. The molecule has 0 spiro atoms. The number of ether oxygens (including phenoxy) is 2. The summed E-state index contributed by atoms with van der Waals surface area (Å²) in [6, 6.07) is 16.5. The van der Waals surface area contributed by atoms with Crippen LogP contribution in [0, 0.1) is 0 Å². The second-order valence-corrected chi connectivity index (χ2v) is 9.04. The van der Waals surface area contributed by atoms with Crippen molar-refractivity contribution in [1.82, 2.24) is 9.29 Å². The third kappa shape index (κ3) is 4.39. The van der Waals surface area contributed by atoms with Crippen molar-refractivity contribution in [2.45, 2.75) is 18.0 Å². The predicted molar refractivity (Wildman–Crippen MR) is 119 cm³/mol. The molecular weight excluding hydrogens is 432 g/mol. The van der Waals surface area contributed by atoms with E-state index in [1.807, 2.05) is 6.07 Å². The lowest BCUT2D eigenvalue weighted by Crippen LogP contribution is -2.32. The standard InChI is InChI=1S/C23H22N2O6S/c1-29-18-7-9-21(10-8-18)32(27,28)25(15-20-4-3-11-31-20)14-17-12-16-5-6-19(30-2)13-22(16)24-23(17)26/h3-13H,14-15H2,1-2H3,(H,24,26). The summed E-state index contributed by atoms with van der Waals surface area (Å²) in [5.41, 5.74) is 0.542. The van der Waals surface area contributed by atoms with Crippen molar-refractivity contribution >= 4 is 20.9 Å². The average Bonchev–Trinajstić information content (AvgIpc) is 3.32. The Labute approximate surface area is 185 Å². The molecule has 0 aliphatic heterocycles. The number of hydrogen-bond acceptors (Lipinski definition) is 6. The third-order valence-electron chi connectivity index (χ3n) is 5.09. The van der Waals surface area contributed by atoms with E-state index in [9.17, 15) is 13.2 Å². The lowest BCUT2D eigenvalue weighted by molar-refractivity contribution is 0.357. The minimum atomic E-state index is -3.94.